The number of rotatable bonds is 3. The molecule has 1 aliphatic heterocycles. The van der Waals surface area contributed by atoms with Crippen LogP contribution in [0.3, 0.4) is 0 Å². The van der Waals surface area contributed by atoms with Crippen LogP contribution in [0.4, 0.5) is 0 Å². The highest BCUT2D eigenvalue weighted by atomic mass is 15.2. The van der Waals surface area contributed by atoms with Crippen molar-refractivity contribution < 1.29 is 0 Å². The van der Waals surface area contributed by atoms with Crippen molar-refractivity contribution in [2.24, 2.45) is 0 Å². The number of likely N-dealkylation sites (tertiary alicyclic amines) is 1. The normalized spacial score (nSPS) is 23.1. The summed E-state index contributed by atoms with van der Waals surface area (Å²) in [5, 5.41) is 0. The Morgan fingerprint density at radius 1 is 1.29 bits per heavy atom. The van der Waals surface area contributed by atoms with Crippen LogP contribution in [0.15, 0.2) is 0 Å². The van der Waals surface area contributed by atoms with Crippen LogP contribution in [0, 0.1) is 0 Å². The largest absolute Gasteiger partial charge is 0.302 e. The lowest BCUT2D eigenvalue weighted by Crippen LogP contribution is -2.46. The molecule has 2 nitrogen and oxygen atoms in total. The Labute approximate surface area is 90.3 Å². The van der Waals surface area contributed by atoms with E-state index in [2.05, 4.69) is 30.7 Å². The molecule has 0 saturated carbocycles. The molecule has 0 radical (unpaired) electrons. The van der Waals surface area contributed by atoms with E-state index in [0.717, 1.165) is 6.04 Å². The molecular formula is C12H28N2. The first kappa shape index (κ1) is 13.9. The number of likely N-dealkylation sites (N-methyl/N-ethyl adjacent to an activating group) is 2. The predicted octanol–water partition coefficient (Wildman–Crippen LogP) is 2.45. The van der Waals surface area contributed by atoms with Gasteiger partial charge in [-0.25, -0.2) is 0 Å². The minimum absolute atomic E-state index is 0.809. The maximum Gasteiger partial charge on any atom is 0.0220 e. The lowest BCUT2D eigenvalue weighted by Gasteiger charge is -2.36. The van der Waals surface area contributed by atoms with Gasteiger partial charge in [0.2, 0.25) is 0 Å². The van der Waals surface area contributed by atoms with Gasteiger partial charge in [-0.1, -0.05) is 27.7 Å². The lowest BCUT2D eigenvalue weighted by atomic mass is 10.0. The van der Waals surface area contributed by atoms with Gasteiger partial charge in [0.1, 0.15) is 0 Å². The van der Waals surface area contributed by atoms with Gasteiger partial charge in [0, 0.05) is 12.6 Å². The van der Waals surface area contributed by atoms with Crippen LogP contribution < -0.4 is 0 Å². The lowest BCUT2D eigenvalue weighted by molar-refractivity contribution is 0.124. The van der Waals surface area contributed by atoms with Crippen LogP contribution in [0.5, 0.6) is 0 Å². The summed E-state index contributed by atoms with van der Waals surface area (Å²) < 4.78 is 0. The molecule has 0 N–H and O–H groups in total. The fraction of sp³-hybridized carbons (Fsp3) is 1.00. The maximum absolute atomic E-state index is 2.56. The number of hydrogen-bond acceptors (Lipinski definition) is 2. The average molecular weight is 200 g/mol. The number of hydrogen-bond donors (Lipinski definition) is 0. The van der Waals surface area contributed by atoms with Crippen LogP contribution in [0.1, 0.15) is 40.5 Å². The molecule has 1 saturated heterocycles. The summed E-state index contributed by atoms with van der Waals surface area (Å²) in [6.07, 6.45) is 2.77. The summed E-state index contributed by atoms with van der Waals surface area (Å²) in [4.78, 5) is 5.03. The van der Waals surface area contributed by atoms with E-state index >= 15 is 0 Å². The van der Waals surface area contributed by atoms with E-state index < -0.39 is 0 Å². The monoisotopic (exact) mass is 200 g/mol. The predicted molar refractivity (Wildman–Crippen MR) is 64.8 cm³/mol. The first-order valence-corrected chi connectivity index (χ1v) is 6.20. The highest BCUT2D eigenvalue weighted by Crippen LogP contribution is 2.13. The summed E-state index contributed by atoms with van der Waals surface area (Å²) in [5.41, 5.74) is 0. The van der Waals surface area contributed by atoms with E-state index in [4.69, 9.17) is 0 Å². The van der Waals surface area contributed by atoms with Gasteiger partial charge in [0.05, 0.1) is 0 Å². The highest BCUT2D eigenvalue weighted by molar-refractivity contribution is 4.77. The van der Waals surface area contributed by atoms with Gasteiger partial charge in [-0.15, -0.1) is 0 Å². The fourth-order valence-electron chi connectivity index (χ4n) is 1.94. The minimum Gasteiger partial charge on any atom is -0.302 e. The van der Waals surface area contributed by atoms with Gasteiger partial charge in [-0.2, -0.15) is 0 Å². The minimum atomic E-state index is 0.809. The van der Waals surface area contributed by atoms with Crippen LogP contribution in [0.25, 0.3) is 0 Å². The van der Waals surface area contributed by atoms with Crippen molar-refractivity contribution in [3.05, 3.63) is 0 Å². The highest BCUT2D eigenvalue weighted by Gasteiger charge is 2.20. The molecule has 86 valence electrons. The van der Waals surface area contributed by atoms with E-state index in [-0.39, 0.29) is 0 Å². The molecule has 0 aromatic heterocycles. The smallest absolute Gasteiger partial charge is 0.0220 e. The molecular weight excluding hydrogens is 172 g/mol. The first-order valence-electron chi connectivity index (χ1n) is 6.20. The van der Waals surface area contributed by atoms with E-state index in [9.17, 15) is 0 Å². The zero-order chi connectivity index (χ0) is 11.0. The van der Waals surface area contributed by atoms with Crippen LogP contribution in [-0.2, 0) is 0 Å². The molecule has 1 unspecified atom stereocenters. The maximum atomic E-state index is 2.56. The Hall–Kier alpha value is -0.0800. The van der Waals surface area contributed by atoms with Crippen molar-refractivity contribution in [3.8, 4) is 0 Å². The van der Waals surface area contributed by atoms with Gasteiger partial charge in [-0.3, -0.25) is 0 Å². The third-order valence-electron chi connectivity index (χ3n) is 3.05. The fourth-order valence-corrected chi connectivity index (χ4v) is 1.94. The quantitative estimate of drug-likeness (QED) is 0.690. The molecule has 1 atom stereocenters. The average Bonchev–Trinajstić information content (AvgIpc) is 2.30. The van der Waals surface area contributed by atoms with Crippen LogP contribution in [-0.4, -0.2) is 49.1 Å². The molecule has 0 aromatic rings. The molecule has 1 fully saturated rings. The standard InChI is InChI=1S/C10H22N2.C2H6/c1-4-11(3)10-7-6-8-12(5-2)9-10;1-2/h10H,4-9H2,1-3H3;1-2H3. The van der Waals surface area contributed by atoms with Gasteiger partial charge in [-0.05, 0) is 39.5 Å². The Morgan fingerprint density at radius 2 is 1.93 bits per heavy atom. The summed E-state index contributed by atoms with van der Waals surface area (Å²) in [7, 11) is 2.24. The number of nitrogens with zero attached hydrogens (tertiary/aromatic N) is 2. The van der Waals surface area contributed by atoms with Crippen molar-refractivity contribution in [1.29, 1.82) is 0 Å². The topological polar surface area (TPSA) is 6.48 Å². The molecule has 14 heavy (non-hydrogen) atoms. The van der Waals surface area contributed by atoms with E-state index in [1.54, 1.807) is 0 Å². The third kappa shape index (κ3) is 4.43. The van der Waals surface area contributed by atoms with Crippen molar-refractivity contribution in [2.45, 2.75) is 46.6 Å². The van der Waals surface area contributed by atoms with E-state index in [1.165, 1.54) is 39.0 Å². The Morgan fingerprint density at radius 3 is 2.43 bits per heavy atom. The Bertz CT molecular complexity index is 123. The second-order valence-corrected chi connectivity index (χ2v) is 3.76. The van der Waals surface area contributed by atoms with Crippen molar-refractivity contribution >= 4 is 0 Å². The third-order valence-corrected chi connectivity index (χ3v) is 3.05. The molecule has 1 heterocycles. The van der Waals surface area contributed by atoms with Gasteiger partial charge >= 0.3 is 0 Å². The molecule has 0 aliphatic carbocycles. The van der Waals surface area contributed by atoms with E-state index in [0.29, 0.717) is 0 Å². The molecule has 0 spiro atoms. The summed E-state index contributed by atoms with van der Waals surface area (Å²) in [6.45, 7) is 13.5. The molecule has 1 rings (SSSR count). The second-order valence-electron chi connectivity index (χ2n) is 3.76. The van der Waals surface area contributed by atoms with Crippen LogP contribution >= 0.6 is 0 Å². The van der Waals surface area contributed by atoms with Gasteiger partial charge < -0.3 is 9.80 Å². The SMILES string of the molecule is CC.CCN1CCCC(N(C)CC)C1. The van der Waals surface area contributed by atoms with Gasteiger partial charge in [0.15, 0.2) is 0 Å². The second kappa shape index (κ2) is 8.25. The first-order chi connectivity index (χ1) is 6.77. The Kier molecular flexibility index (Phi) is 8.20. The zero-order valence-electron chi connectivity index (χ0n) is 10.7. The molecule has 2 heteroatoms. The van der Waals surface area contributed by atoms with Gasteiger partial charge in [0.25, 0.3) is 0 Å². The van der Waals surface area contributed by atoms with E-state index in [1.807, 2.05) is 13.8 Å². The van der Waals surface area contributed by atoms with Crippen LogP contribution in [0.2, 0.25) is 0 Å². The summed E-state index contributed by atoms with van der Waals surface area (Å²) in [5.74, 6) is 0. The molecule has 0 aromatic carbocycles. The summed E-state index contributed by atoms with van der Waals surface area (Å²) >= 11 is 0. The molecule has 0 amide bonds. The summed E-state index contributed by atoms with van der Waals surface area (Å²) in [6, 6.07) is 0.809. The van der Waals surface area contributed by atoms with Crippen molar-refractivity contribution in [3.63, 3.8) is 0 Å². The molecule has 1 aliphatic rings. The van der Waals surface area contributed by atoms with Crippen molar-refractivity contribution in [2.75, 3.05) is 33.2 Å². The van der Waals surface area contributed by atoms with Crippen molar-refractivity contribution in [1.82, 2.24) is 9.80 Å². The number of piperidine rings is 1. The molecule has 0 bridgehead atoms. The Balaban J connectivity index is 0.000000791. The zero-order valence-corrected chi connectivity index (χ0v) is 10.7.